The molecular weight excluding hydrogens is 186 g/mol. The second-order valence-electron chi connectivity index (χ2n) is 4.14. The van der Waals surface area contributed by atoms with E-state index < -0.39 is 0 Å². The van der Waals surface area contributed by atoms with E-state index >= 15 is 0 Å². The van der Waals surface area contributed by atoms with Gasteiger partial charge >= 0.3 is 0 Å². The van der Waals surface area contributed by atoms with E-state index in [4.69, 9.17) is 0 Å². The van der Waals surface area contributed by atoms with Crippen LogP contribution in [-0.2, 0) is 6.54 Å². The summed E-state index contributed by atoms with van der Waals surface area (Å²) < 4.78 is 0. The van der Waals surface area contributed by atoms with Gasteiger partial charge in [-0.25, -0.2) is 0 Å². The maximum atomic E-state index is 4.12. The monoisotopic (exact) mass is 207 g/mol. The molecule has 0 aliphatic heterocycles. The Bertz CT molecular complexity index is 284. The number of nitrogens with zero attached hydrogens (tertiary/aromatic N) is 2. The summed E-state index contributed by atoms with van der Waals surface area (Å²) in [6.45, 7) is 5.25. The molecule has 0 unspecified atom stereocenters. The Morgan fingerprint density at radius 1 is 1.40 bits per heavy atom. The number of hydrogen-bond acceptors (Lipinski definition) is 3. The number of pyridine rings is 1. The quantitative estimate of drug-likeness (QED) is 0.715. The second kappa shape index (κ2) is 6.53. The molecule has 1 aromatic rings. The van der Waals surface area contributed by atoms with Crippen LogP contribution in [-0.4, -0.2) is 37.1 Å². The molecule has 3 heteroatoms. The van der Waals surface area contributed by atoms with E-state index in [2.05, 4.69) is 42.3 Å². The molecule has 3 nitrogen and oxygen atoms in total. The highest BCUT2D eigenvalue weighted by Crippen LogP contribution is 2.03. The van der Waals surface area contributed by atoms with Crippen LogP contribution in [0.25, 0.3) is 0 Å². The molecule has 1 N–H and O–H groups in total. The minimum atomic E-state index is 0.924. The van der Waals surface area contributed by atoms with Crippen molar-refractivity contribution < 1.29 is 0 Å². The first-order valence-corrected chi connectivity index (χ1v) is 5.45. The van der Waals surface area contributed by atoms with Crippen LogP contribution in [0.1, 0.15) is 17.5 Å². The molecule has 0 atom stereocenters. The van der Waals surface area contributed by atoms with Gasteiger partial charge in [0.15, 0.2) is 0 Å². The first kappa shape index (κ1) is 12.1. The molecule has 0 aliphatic carbocycles. The minimum Gasteiger partial charge on any atom is -0.313 e. The molecule has 0 fully saturated rings. The molecule has 0 saturated heterocycles. The molecular formula is C12H21N3. The third-order valence-corrected chi connectivity index (χ3v) is 2.42. The molecule has 0 radical (unpaired) electrons. The highest BCUT2D eigenvalue weighted by Gasteiger charge is 1.96. The van der Waals surface area contributed by atoms with Crippen LogP contribution in [0.15, 0.2) is 18.5 Å². The Balaban J connectivity index is 2.18. The molecule has 15 heavy (non-hydrogen) atoms. The summed E-state index contributed by atoms with van der Waals surface area (Å²) in [6, 6.07) is 2.05. The molecule has 0 spiro atoms. The summed E-state index contributed by atoms with van der Waals surface area (Å²) in [5.41, 5.74) is 2.60. The summed E-state index contributed by atoms with van der Waals surface area (Å²) in [4.78, 5) is 6.33. The van der Waals surface area contributed by atoms with Gasteiger partial charge in [0.1, 0.15) is 0 Å². The maximum absolute atomic E-state index is 4.12. The summed E-state index contributed by atoms with van der Waals surface area (Å²) in [6.07, 6.45) is 4.96. The van der Waals surface area contributed by atoms with Crippen LogP contribution in [0, 0.1) is 6.92 Å². The largest absolute Gasteiger partial charge is 0.313 e. The molecule has 1 rings (SSSR count). The van der Waals surface area contributed by atoms with Gasteiger partial charge in [0.05, 0.1) is 0 Å². The Labute approximate surface area is 92.5 Å². The van der Waals surface area contributed by atoms with Crippen molar-refractivity contribution >= 4 is 0 Å². The van der Waals surface area contributed by atoms with E-state index in [1.54, 1.807) is 0 Å². The van der Waals surface area contributed by atoms with Gasteiger partial charge in [-0.15, -0.1) is 0 Å². The fourth-order valence-corrected chi connectivity index (χ4v) is 1.43. The van der Waals surface area contributed by atoms with Gasteiger partial charge < -0.3 is 10.2 Å². The molecule has 0 aromatic carbocycles. The van der Waals surface area contributed by atoms with Crippen molar-refractivity contribution in [3.05, 3.63) is 29.6 Å². The van der Waals surface area contributed by atoms with Crippen LogP contribution in [0.4, 0.5) is 0 Å². The van der Waals surface area contributed by atoms with Crippen molar-refractivity contribution in [2.75, 3.05) is 27.2 Å². The average molecular weight is 207 g/mol. The zero-order chi connectivity index (χ0) is 11.1. The molecule has 0 aliphatic rings. The van der Waals surface area contributed by atoms with E-state index in [0.29, 0.717) is 0 Å². The van der Waals surface area contributed by atoms with Crippen LogP contribution in [0.2, 0.25) is 0 Å². The smallest absolute Gasteiger partial charge is 0.0315 e. The maximum Gasteiger partial charge on any atom is 0.0315 e. The van der Waals surface area contributed by atoms with Gasteiger partial charge in [-0.1, -0.05) is 0 Å². The van der Waals surface area contributed by atoms with Crippen LogP contribution >= 0.6 is 0 Å². The zero-order valence-electron chi connectivity index (χ0n) is 9.95. The number of rotatable bonds is 6. The predicted octanol–water partition coefficient (Wildman–Crippen LogP) is 1.43. The Morgan fingerprint density at radius 3 is 2.87 bits per heavy atom. The SMILES string of the molecule is Cc1ccncc1CNCCCN(C)C. The summed E-state index contributed by atoms with van der Waals surface area (Å²) >= 11 is 0. The van der Waals surface area contributed by atoms with Crippen LogP contribution in [0.3, 0.4) is 0 Å². The third kappa shape index (κ3) is 4.91. The number of hydrogen-bond donors (Lipinski definition) is 1. The standard InChI is InChI=1S/C12H21N3/c1-11-5-7-14-10-12(11)9-13-6-4-8-15(2)3/h5,7,10,13H,4,6,8-9H2,1-3H3. The normalized spacial score (nSPS) is 10.9. The van der Waals surface area contributed by atoms with Crippen molar-refractivity contribution in [1.82, 2.24) is 15.2 Å². The van der Waals surface area contributed by atoms with E-state index in [1.165, 1.54) is 17.5 Å². The van der Waals surface area contributed by atoms with Gasteiger partial charge in [0.25, 0.3) is 0 Å². The lowest BCUT2D eigenvalue weighted by Gasteiger charge is -2.10. The average Bonchev–Trinajstić information content (AvgIpc) is 2.20. The highest BCUT2D eigenvalue weighted by atomic mass is 15.0. The summed E-state index contributed by atoms with van der Waals surface area (Å²) in [5, 5.41) is 3.43. The van der Waals surface area contributed by atoms with E-state index in [9.17, 15) is 0 Å². The number of aromatic nitrogens is 1. The van der Waals surface area contributed by atoms with Crippen LogP contribution < -0.4 is 5.32 Å². The van der Waals surface area contributed by atoms with Crippen molar-refractivity contribution in [3.8, 4) is 0 Å². The first-order valence-electron chi connectivity index (χ1n) is 5.45. The summed E-state index contributed by atoms with van der Waals surface area (Å²) in [7, 11) is 4.20. The molecule has 84 valence electrons. The van der Waals surface area contributed by atoms with Crippen molar-refractivity contribution in [3.63, 3.8) is 0 Å². The Hall–Kier alpha value is -0.930. The minimum absolute atomic E-state index is 0.924. The van der Waals surface area contributed by atoms with Gasteiger partial charge in [-0.05, 0) is 57.7 Å². The topological polar surface area (TPSA) is 28.2 Å². The van der Waals surface area contributed by atoms with Gasteiger partial charge in [-0.3, -0.25) is 4.98 Å². The Kier molecular flexibility index (Phi) is 5.29. The lowest BCUT2D eigenvalue weighted by atomic mass is 10.1. The van der Waals surface area contributed by atoms with E-state index in [-0.39, 0.29) is 0 Å². The van der Waals surface area contributed by atoms with E-state index in [0.717, 1.165) is 19.6 Å². The van der Waals surface area contributed by atoms with Gasteiger partial charge in [0, 0.05) is 18.9 Å². The van der Waals surface area contributed by atoms with Gasteiger partial charge in [-0.2, -0.15) is 0 Å². The highest BCUT2D eigenvalue weighted by molar-refractivity contribution is 5.20. The first-order chi connectivity index (χ1) is 7.20. The predicted molar refractivity (Wildman–Crippen MR) is 63.9 cm³/mol. The number of aryl methyl sites for hydroxylation is 1. The number of nitrogens with one attached hydrogen (secondary N) is 1. The molecule has 0 bridgehead atoms. The molecule has 1 heterocycles. The second-order valence-corrected chi connectivity index (χ2v) is 4.14. The third-order valence-electron chi connectivity index (χ3n) is 2.42. The molecule has 0 amide bonds. The zero-order valence-corrected chi connectivity index (χ0v) is 9.95. The lowest BCUT2D eigenvalue weighted by molar-refractivity contribution is 0.394. The fourth-order valence-electron chi connectivity index (χ4n) is 1.43. The fraction of sp³-hybridized carbons (Fsp3) is 0.583. The lowest BCUT2D eigenvalue weighted by Crippen LogP contribution is -2.21. The van der Waals surface area contributed by atoms with Crippen molar-refractivity contribution in [1.29, 1.82) is 0 Å². The Morgan fingerprint density at radius 2 is 2.20 bits per heavy atom. The molecule has 0 saturated carbocycles. The van der Waals surface area contributed by atoms with Crippen LogP contribution in [0.5, 0.6) is 0 Å². The molecule has 1 aromatic heterocycles. The van der Waals surface area contributed by atoms with Gasteiger partial charge in [0.2, 0.25) is 0 Å². The van der Waals surface area contributed by atoms with Crippen molar-refractivity contribution in [2.24, 2.45) is 0 Å². The van der Waals surface area contributed by atoms with E-state index in [1.807, 2.05) is 12.4 Å². The summed E-state index contributed by atoms with van der Waals surface area (Å²) in [5.74, 6) is 0. The van der Waals surface area contributed by atoms with Crippen molar-refractivity contribution in [2.45, 2.75) is 19.9 Å².